The summed E-state index contributed by atoms with van der Waals surface area (Å²) in [4.78, 5) is 18.6. The van der Waals surface area contributed by atoms with Gasteiger partial charge in [-0.2, -0.15) is 0 Å². The number of methoxy groups -OCH3 is 1. The van der Waals surface area contributed by atoms with Crippen molar-refractivity contribution in [2.45, 2.75) is 13.0 Å². The molecule has 160 valence electrons. The van der Waals surface area contributed by atoms with Gasteiger partial charge in [0.25, 0.3) is 0 Å². The number of fused-ring (bicyclic) bond motifs is 1. The number of carbonyl (C=O) groups excluding carboxylic acids is 1. The third-order valence-corrected chi connectivity index (χ3v) is 4.49. The van der Waals surface area contributed by atoms with Gasteiger partial charge < -0.3 is 20.4 Å². The molecule has 0 saturated carbocycles. The lowest BCUT2D eigenvalue weighted by molar-refractivity contribution is 0.187. The van der Waals surface area contributed by atoms with Crippen LogP contribution in [0.15, 0.2) is 53.7 Å². The minimum absolute atomic E-state index is 0. The second-order valence-electron chi connectivity index (χ2n) is 6.42. The summed E-state index contributed by atoms with van der Waals surface area (Å²) in [6.07, 6.45) is 2.14. The molecule has 0 unspecified atom stereocenters. The van der Waals surface area contributed by atoms with E-state index in [1.165, 1.54) is 13.2 Å². The molecule has 0 radical (unpaired) electrons. The van der Waals surface area contributed by atoms with Crippen molar-refractivity contribution < 1.29 is 13.9 Å². The SMILES string of the molecule is CN=C(NCCc1c[nH]c2ccc(F)cc12)NCc1ccc(NC(=O)OC)cc1.I. The Morgan fingerprint density at radius 3 is 2.63 bits per heavy atom. The van der Waals surface area contributed by atoms with Gasteiger partial charge in [-0.25, -0.2) is 9.18 Å². The Labute approximate surface area is 191 Å². The lowest BCUT2D eigenvalue weighted by Crippen LogP contribution is -2.37. The summed E-state index contributed by atoms with van der Waals surface area (Å²) in [6, 6.07) is 12.2. The van der Waals surface area contributed by atoms with Crippen LogP contribution in [0, 0.1) is 5.82 Å². The first-order valence-electron chi connectivity index (χ1n) is 9.23. The average molecular weight is 525 g/mol. The van der Waals surface area contributed by atoms with E-state index in [0.29, 0.717) is 24.7 Å². The highest BCUT2D eigenvalue weighted by atomic mass is 127. The van der Waals surface area contributed by atoms with Gasteiger partial charge in [-0.3, -0.25) is 10.3 Å². The fraction of sp³-hybridized carbons (Fsp3) is 0.238. The number of halogens is 2. The molecule has 0 bridgehead atoms. The molecule has 1 amide bonds. The number of H-pyrrole nitrogens is 1. The van der Waals surface area contributed by atoms with Crippen LogP contribution in [0.25, 0.3) is 10.9 Å². The maximum atomic E-state index is 13.5. The molecule has 0 saturated heterocycles. The summed E-state index contributed by atoms with van der Waals surface area (Å²) in [7, 11) is 3.03. The Morgan fingerprint density at radius 1 is 1.17 bits per heavy atom. The van der Waals surface area contributed by atoms with E-state index in [1.807, 2.05) is 18.3 Å². The van der Waals surface area contributed by atoms with Crippen molar-refractivity contribution in [2.24, 2.45) is 4.99 Å². The van der Waals surface area contributed by atoms with E-state index in [4.69, 9.17) is 0 Å². The maximum absolute atomic E-state index is 13.5. The first kappa shape index (κ1) is 23.5. The van der Waals surface area contributed by atoms with Crippen LogP contribution in [0.4, 0.5) is 14.9 Å². The van der Waals surface area contributed by atoms with Crippen LogP contribution < -0.4 is 16.0 Å². The summed E-state index contributed by atoms with van der Waals surface area (Å²) in [5, 5.41) is 10.0. The molecule has 4 N–H and O–H groups in total. The van der Waals surface area contributed by atoms with Crippen molar-refractivity contribution in [3.05, 3.63) is 65.6 Å². The van der Waals surface area contributed by atoms with E-state index in [0.717, 1.165) is 28.5 Å². The fourth-order valence-electron chi connectivity index (χ4n) is 2.95. The molecule has 0 aliphatic rings. The molecule has 30 heavy (non-hydrogen) atoms. The van der Waals surface area contributed by atoms with Crippen molar-refractivity contribution in [3.8, 4) is 0 Å². The number of ether oxygens (including phenoxy) is 1. The number of guanidine groups is 1. The van der Waals surface area contributed by atoms with E-state index in [2.05, 4.69) is 30.7 Å². The van der Waals surface area contributed by atoms with Crippen LogP contribution in [0.2, 0.25) is 0 Å². The van der Waals surface area contributed by atoms with Gasteiger partial charge in [-0.1, -0.05) is 12.1 Å². The van der Waals surface area contributed by atoms with E-state index in [9.17, 15) is 9.18 Å². The number of aliphatic imine (C=N–C) groups is 1. The summed E-state index contributed by atoms with van der Waals surface area (Å²) in [5.74, 6) is 0.435. The molecule has 0 spiro atoms. The number of rotatable bonds is 6. The predicted octanol–water partition coefficient (Wildman–Crippen LogP) is 4.01. The van der Waals surface area contributed by atoms with Gasteiger partial charge in [-0.15, -0.1) is 24.0 Å². The van der Waals surface area contributed by atoms with Gasteiger partial charge in [0.05, 0.1) is 7.11 Å². The lowest BCUT2D eigenvalue weighted by atomic mass is 10.1. The Bertz CT molecular complexity index is 1000. The number of amides is 1. The number of nitrogens with zero attached hydrogens (tertiary/aromatic N) is 1. The van der Waals surface area contributed by atoms with E-state index in [-0.39, 0.29) is 29.8 Å². The molecule has 1 aromatic heterocycles. The molecule has 9 heteroatoms. The minimum Gasteiger partial charge on any atom is -0.453 e. The molecule has 0 aliphatic carbocycles. The van der Waals surface area contributed by atoms with Crippen molar-refractivity contribution in [1.29, 1.82) is 0 Å². The number of hydrogen-bond acceptors (Lipinski definition) is 3. The minimum atomic E-state index is -0.501. The topological polar surface area (TPSA) is 90.5 Å². The monoisotopic (exact) mass is 525 g/mol. The van der Waals surface area contributed by atoms with Gasteiger partial charge in [0.15, 0.2) is 5.96 Å². The van der Waals surface area contributed by atoms with E-state index < -0.39 is 6.09 Å². The molecule has 1 heterocycles. The van der Waals surface area contributed by atoms with Crippen LogP contribution in [0.5, 0.6) is 0 Å². The van der Waals surface area contributed by atoms with Crippen LogP contribution in [0.3, 0.4) is 0 Å². The zero-order valence-corrected chi connectivity index (χ0v) is 19.1. The number of hydrogen-bond donors (Lipinski definition) is 4. The van der Waals surface area contributed by atoms with Crippen molar-refractivity contribution in [3.63, 3.8) is 0 Å². The Morgan fingerprint density at radius 2 is 1.93 bits per heavy atom. The number of nitrogens with one attached hydrogen (secondary N) is 4. The van der Waals surface area contributed by atoms with Crippen molar-refractivity contribution >= 4 is 52.6 Å². The van der Waals surface area contributed by atoms with Crippen molar-refractivity contribution in [1.82, 2.24) is 15.6 Å². The smallest absolute Gasteiger partial charge is 0.411 e. The largest absolute Gasteiger partial charge is 0.453 e. The van der Waals surface area contributed by atoms with Gasteiger partial charge in [0, 0.05) is 42.9 Å². The lowest BCUT2D eigenvalue weighted by Gasteiger charge is -2.12. The molecular weight excluding hydrogens is 500 g/mol. The third-order valence-electron chi connectivity index (χ3n) is 4.49. The van der Waals surface area contributed by atoms with Gasteiger partial charge in [0.1, 0.15) is 5.82 Å². The molecule has 3 aromatic rings. The molecule has 0 atom stereocenters. The second-order valence-corrected chi connectivity index (χ2v) is 6.42. The first-order valence-corrected chi connectivity index (χ1v) is 9.23. The molecule has 2 aromatic carbocycles. The first-order chi connectivity index (χ1) is 14.1. The zero-order chi connectivity index (χ0) is 20.6. The van der Waals surface area contributed by atoms with Gasteiger partial charge >= 0.3 is 6.09 Å². The fourth-order valence-corrected chi connectivity index (χ4v) is 2.95. The summed E-state index contributed by atoms with van der Waals surface area (Å²) in [6.45, 7) is 1.24. The second kappa shape index (κ2) is 11.4. The number of aromatic nitrogens is 1. The van der Waals surface area contributed by atoms with Crippen LogP contribution in [0.1, 0.15) is 11.1 Å². The number of anilines is 1. The summed E-state index contributed by atoms with van der Waals surface area (Å²) >= 11 is 0. The maximum Gasteiger partial charge on any atom is 0.411 e. The predicted molar refractivity (Wildman–Crippen MR) is 128 cm³/mol. The zero-order valence-electron chi connectivity index (χ0n) is 16.8. The molecule has 0 fully saturated rings. The Kier molecular flexibility index (Phi) is 8.90. The Hall–Kier alpha value is -2.82. The molecular formula is C21H25FIN5O2. The average Bonchev–Trinajstić information content (AvgIpc) is 3.13. The highest BCUT2D eigenvalue weighted by Gasteiger charge is 2.06. The van der Waals surface area contributed by atoms with E-state index >= 15 is 0 Å². The van der Waals surface area contributed by atoms with E-state index in [1.54, 1.807) is 31.3 Å². The van der Waals surface area contributed by atoms with Gasteiger partial charge in [-0.05, 0) is 47.9 Å². The van der Waals surface area contributed by atoms with Crippen LogP contribution in [-0.4, -0.2) is 37.7 Å². The van der Waals surface area contributed by atoms with Crippen LogP contribution >= 0.6 is 24.0 Å². The number of aromatic amines is 1. The molecule has 7 nitrogen and oxygen atoms in total. The highest BCUT2D eigenvalue weighted by molar-refractivity contribution is 14.0. The summed E-state index contributed by atoms with van der Waals surface area (Å²) < 4.78 is 18.0. The van der Waals surface area contributed by atoms with Crippen molar-refractivity contribution in [2.75, 3.05) is 26.0 Å². The normalized spacial score (nSPS) is 11.0. The number of benzene rings is 2. The van der Waals surface area contributed by atoms with Gasteiger partial charge in [0.2, 0.25) is 0 Å². The Balaban J connectivity index is 0.00000320. The number of carbonyl (C=O) groups is 1. The van der Waals surface area contributed by atoms with Crippen LogP contribution in [-0.2, 0) is 17.7 Å². The quantitative estimate of drug-likeness (QED) is 0.223. The molecule has 0 aliphatic heterocycles. The third kappa shape index (κ3) is 6.34. The standard InChI is InChI=1S/C21H24FN5O2.HI/c1-23-20(26-12-14-3-6-17(7-4-14)27-21(28)29-2)24-10-9-15-13-25-19-8-5-16(22)11-18(15)19;/h3-8,11,13,25H,9-10,12H2,1-2H3,(H,27,28)(H2,23,24,26);1H. The molecule has 3 rings (SSSR count). The highest BCUT2D eigenvalue weighted by Crippen LogP contribution is 2.19. The summed E-state index contributed by atoms with van der Waals surface area (Å²) in [5.41, 5.74) is 3.68.